The Labute approximate surface area is 97.3 Å². The van der Waals surface area contributed by atoms with Crippen molar-refractivity contribution in [3.05, 3.63) is 36.0 Å². The average molecular weight is 258 g/mol. The van der Waals surface area contributed by atoms with E-state index in [2.05, 4.69) is 5.16 Å². The average Bonchev–Trinajstić information content (AvgIpc) is 2.63. The van der Waals surface area contributed by atoms with Gasteiger partial charge in [0.25, 0.3) is 9.05 Å². The zero-order valence-electron chi connectivity index (χ0n) is 8.34. The van der Waals surface area contributed by atoms with Crippen LogP contribution in [-0.4, -0.2) is 13.6 Å². The van der Waals surface area contributed by atoms with Crippen molar-refractivity contribution in [1.29, 1.82) is 0 Å². The number of aryl methyl sites for hydroxylation is 1. The second-order valence-corrected chi connectivity index (χ2v) is 5.81. The van der Waals surface area contributed by atoms with Gasteiger partial charge in [-0.3, -0.25) is 0 Å². The number of hydrogen-bond donors (Lipinski definition) is 0. The summed E-state index contributed by atoms with van der Waals surface area (Å²) in [7, 11) is 1.55. The summed E-state index contributed by atoms with van der Waals surface area (Å²) < 4.78 is 27.7. The number of benzene rings is 1. The molecule has 0 aliphatic rings. The molecule has 0 N–H and O–H groups in total. The first-order valence-corrected chi connectivity index (χ1v) is 6.76. The largest absolute Gasteiger partial charge is 0.356 e. The van der Waals surface area contributed by atoms with E-state index in [9.17, 15) is 8.42 Å². The minimum Gasteiger partial charge on any atom is -0.356 e. The third-order valence-corrected chi connectivity index (χ3v) is 3.52. The summed E-state index contributed by atoms with van der Waals surface area (Å²) in [4.78, 5) is 0.0246. The summed E-state index contributed by atoms with van der Waals surface area (Å²) in [5, 5.41) is 3.61. The van der Waals surface area contributed by atoms with Crippen LogP contribution in [0.3, 0.4) is 0 Å². The van der Waals surface area contributed by atoms with Crippen LogP contribution in [-0.2, 0) is 9.05 Å². The number of aromatic nitrogens is 1. The van der Waals surface area contributed by atoms with Crippen LogP contribution in [0.25, 0.3) is 11.3 Å². The van der Waals surface area contributed by atoms with Crippen LogP contribution in [0.2, 0.25) is 0 Å². The topological polar surface area (TPSA) is 60.2 Å². The van der Waals surface area contributed by atoms with E-state index in [0.29, 0.717) is 11.3 Å². The van der Waals surface area contributed by atoms with Gasteiger partial charge in [-0.15, -0.1) is 0 Å². The van der Waals surface area contributed by atoms with Crippen molar-refractivity contribution in [2.75, 3.05) is 0 Å². The van der Waals surface area contributed by atoms with Gasteiger partial charge in [-0.1, -0.05) is 17.3 Å². The van der Waals surface area contributed by atoms with Crippen molar-refractivity contribution < 1.29 is 12.9 Å². The SMILES string of the molecule is Cc1cnoc1-c1ccccc1S(=O)(=O)Cl. The Hall–Kier alpha value is -1.33. The summed E-state index contributed by atoms with van der Waals surface area (Å²) >= 11 is 0. The maximum absolute atomic E-state index is 11.4. The van der Waals surface area contributed by atoms with Crippen LogP contribution < -0.4 is 0 Å². The third-order valence-electron chi connectivity index (χ3n) is 2.14. The molecule has 0 saturated carbocycles. The van der Waals surface area contributed by atoms with E-state index >= 15 is 0 Å². The summed E-state index contributed by atoms with van der Waals surface area (Å²) in [6.07, 6.45) is 1.52. The Kier molecular flexibility index (Phi) is 2.73. The molecule has 0 amide bonds. The molecular weight excluding hydrogens is 250 g/mol. The van der Waals surface area contributed by atoms with E-state index in [1.54, 1.807) is 25.1 Å². The number of hydrogen-bond acceptors (Lipinski definition) is 4. The molecule has 1 aromatic heterocycles. The minimum atomic E-state index is -3.79. The Morgan fingerprint density at radius 2 is 2.00 bits per heavy atom. The quantitative estimate of drug-likeness (QED) is 0.776. The van der Waals surface area contributed by atoms with Gasteiger partial charge < -0.3 is 4.52 Å². The van der Waals surface area contributed by atoms with E-state index in [1.807, 2.05) is 0 Å². The molecule has 0 bridgehead atoms. The fraction of sp³-hybridized carbons (Fsp3) is 0.100. The van der Waals surface area contributed by atoms with E-state index in [0.717, 1.165) is 5.56 Å². The van der Waals surface area contributed by atoms with E-state index in [-0.39, 0.29) is 4.90 Å². The fourth-order valence-corrected chi connectivity index (χ4v) is 2.49. The van der Waals surface area contributed by atoms with Gasteiger partial charge in [0.1, 0.15) is 0 Å². The van der Waals surface area contributed by atoms with E-state index in [1.165, 1.54) is 12.3 Å². The number of rotatable bonds is 2. The molecule has 0 fully saturated rings. The van der Waals surface area contributed by atoms with E-state index < -0.39 is 9.05 Å². The van der Waals surface area contributed by atoms with Crippen LogP contribution in [0, 0.1) is 6.92 Å². The lowest BCUT2D eigenvalue weighted by molar-refractivity contribution is 0.431. The zero-order valence-corrected chi connectivity index (χ0v) is 9.92. The molecular formula is C10H8ClNO3S. The molecule has 84 valence electrons. The van der Waals surface area contributed by atoms with Gasteiger partial charge in [0.15, 0.2) is 5.76 Å². The molecule has 4 nitrogen and oxygen atoms in total. The van der Waals surface area contributed by atoms with Crippen molar-refractivity contribution in [2.24, 2.45) is 0 Å². The highest BCUT2D eigenvalue weighted by atomic mass is 35.7. The normalized spacial score (nSPS) is 11.6. The molecule has 1 heterocycles. The molecule has 2 aromatic rings. The Morgan fingerprint density at radius 3 is 2.56 bits per heavy atom. The maximum atomic E-state index is 11.4. The first-order valence-electron chi connectivity index (χ1n) is 4.45. The lowest BCUT2D eigenvalue weighted by Gasteiger charge is -2.03. The van der Waals surface area contributed by atoms with E-state index in [4.69, 9.17) is 15.2 Å². The molecule has 0 radical (unpaired) electrons. The van der Waals surface area contributed by atoms with Crippen molar-refractivity contribution in [1.82, 2.24) is 5.16 Å². The highest BCUT2D eigenvalue weighted by Gasteiger charge is 2.19. The summed E-state index contributed by atoms with van der Waals surface area (Å²) in [6, 6.07) is 6.37. The lowest BCUT2D eigenvalue weighted by atomic mass is 10.1. The standard InChI is InChI=1S/C10H8ClNO3S/c1-7-6-12-15-10(7)8-4-2-3-5-9(8)16(11,13)14/h2-6H,1H3. The van der Waals surface area contributed by atoms with Crippen LogP contribution >= 0.6 is 10.7 Å². The maximum Gasteiger partial charge on any atom is 0.262 e. The Bertz CT molecular complexity index is 618. The Balaban J connectivity index is 2.72. The summed E-state index contributed by atoms with van der Waals surface area (Å²) in [5.74, 6) is 0.417. The number of nitrogens with zero attached hydrogens (tertiary/aromatic N) is 1. The zero-order chi connectivity index (χ0) is 11.8. The molecule has 6 heteroatoms. The van der Waals surface area contributed by atoms with Crippen molar-refractivity contribution in [2.45, 2.75) is 11.8 Å². The van der Waals surface area contributed by atoms with Crippen molar-refractivity contribution in [3.63, 3.8) is 0 Å². The molecule has 0 unspecified atom stereocenters. The van der Waals surface area contributed by atoms with Crippen LogP contribution in [0.5, 0.6) is 0 Å². The molecule has 1 aromatic carbocycles. The first-order chi connectivity index (χ1) is 7.50. The van der Waals surface area contributed by atoms with Gasteiger partial charge in [0.2, 0.25) is 0 Å². The molecule has 0 atom stereocenters. The van der Waals surface area contributed by atoms with Crippen molar-refractivity contribution in [3.8, 4) is 11.3 Å². The van der Waals surface area contributed by atoms with Gasteiger partial charge in [-0.25, -0.2) is 8.42 Å². The molecule has 0 saturated heterocycles. The van der Waals surface area contributed by atoms with Gasteiger partial charge in [-0.2, -0.15) is 0 Å². The van der Waals surface area contributed by atoms with Gasteiger partial charge in [0, 0.05) is 21.8 Å². The van der Waals surface area contributed by atoms with Gasteiger partial charge >= 0.3 is 0 Å². The van der Waals surface area contributed by atoms with Crippen LogP contribution in [0.15, 0.2) is 39.9 Å². The van der Waals surface area contributed by atoms with Gasteiger partial charge in [-0.05, 0) is 19.1 Å². The van der Waals surface area contributed by atoms with Gasteiger partial charge in [0.05, 0.1) is 11.1 Å². The monoisotopic (exact) mass is 257 g/mol. The Morgan fingerprint density at radius 1 is 1.31 bits per heavy atom. The summed E-state index contributed by atoms with van der Waals surface area (Å²) in [6.45, 7) is 1.78. The second-order valence-electron chi connectivity index (χ2n) is 3.27. The summed E-state index contributed by atoms with van der Waals surface area (Å²) in [5.41, 5.74) is 1.18. The molecule has 0 spiro atoms. The van der Waals surface area contributed by atoms with Crippen LogP contribution in [0.4, 0.5) is 0 Å². The smallest absolute Gasteiger partial charge is 0.262 e. The predicted octanol–water partition coefficient (Wildman–Crippen LogP) is 2.58. The number of halogens is 1. The van der Waals surface area contributed by atoms with Crippen molar-refractivity contribution >= 4 is 19.7 Å². The molecule has 0 aliphatic carbocycles. The lowest BCUT2D eigenvalue weighted by Crippen LogP contribution is -1.94. The molecule has 16 heavy (non-hydrogen) atoms. The second kappa shape index (κ2) is 3.92. The first kappa shape index (κ1) is 11.2. The minimum absolute atomic E-state index is 0.0246. The molecule has 0 aliphatic heterocycles. The predicted molar refractivity (Wildman–Crippen MR) is 59.7 cm³/mol. The third kappa shape index (κ3) is 1.96. The highest BCUT2D eigenvalue weighted by molar-refractivity contribution is 8.13. The molecule has 2 rings (SSSR count). The van der Waals surface area contributed by atoms with Crippen LogP contribution in [0.1, 0.15) is 5.56 Å². The highest BCUT2D eigenvalue weighted by Crippen LogP contribution is 2.31. The fourth-order valence-electron chi connectivity index (χ4n) is 1.42.